The average Bonchev–Trinajstić information content (AvgIpc) is 3.26. The van der Waals surface area contributed by atoms with Crippen molar-refractivity contribution in [1.82, 2.24) is 15.2 Å². The van der Waals surface area contributed by atoms with Gasteiger partial charge in [-0.2, -0.15) is 0 Å². The molecule has 4 rings (SSSR count). The topological polar surface area (TPSA) is 75.4 Å². The zero-order valence-electron chi connectivity index (χ0n) is 16.8. The van der Waals surface area contributed by atoms with E-state index in [2.05, 4.69) is 10.3 Å². The summed E-state index contributed by atoms with van der Waals surface area (Å²) in [6.45, 7) is 1.03. The smallest absolute Gasteiger partial charge is 0.247 e. The molecule has 1 aromatic heterocycles. The van der Waals surface area contributed by atoms with Gasteiger partial charge in [0.25, 0.3) is 0 Å². The molecule has 1 N–H and O–H groups in total. The summed E-state index contributed by atoms with van der Waals surface area (Å²) in [5.74, 6) is 0.440. The molecule has 1 unspecified atom stereocenters. The van der Waals surface area contributed by atoms with E-state index in [9.17, 15) is 9.59 Å². The zero-order valence-corrected chi connectivity index (χ0v) is 16.8. The first-order valence-electron chi connectivity index (χ1n) is 10.3. The van der Waals surface area contributed by atoms with Gasteiger partial charge < -0.3 is 14.6 Å². The van der Waals surface area contributed by atoms with Crippen LogP contribution in [0.15, 0.2) is 71.3 Å². The highest BCUT2D eigenvalue weighted by Gasteiger charge is 2.32. The third-order valence-electron chi connectivity index (χ3n) is 5.29. The summed E-state index contributed by atoms with van der Waals surface area (Å²) >= 11 is 0. The minimum atomic E-state index is -0.601. The molecule has 1 fully saturated rings. The van der Waals surface area contributed by atoms with Crippen LogP contribution in [0.4, 0.5) is 0 Å². The van der Waals surface area contributed by atoms with E-state index in [0.717, 1.165) is 29.7 Å². The van der Waals surface area contributed by atoms with Crippen LogP contribution >= 0.6 is 0 Å². The Morgan fingerprint density at radius 2 is 1.80 bits per heavy atom. The van der Waals surface area contributed by atoms with Crippen LogP contribution in [0, 0.1) is 0 Å². The van der Waals surface area contributed by atoms with Crippen LogP contribution in [0.5, 0.6) is 0 Å². The second-order valence-corrected chi connectivity index (χ2v) is 7.41. The van der Waals surface area contributed by atoms with Gasteiger partial charge >= 0.3 is 0 Å². The van der Waals surface area contributed by atoms with Crippen LogP contribution in [-0.4, -0.2) is 34.8 Å². The molecule has 2 amide bonds. The Labute approximate surface area is 175 Å². The van der Waals surface area contributed by atoms with Gasteiger partial charge in [-0.15, -0.1) is 0 Å². The van der Waals surface area contributed by atoms with Crippen molar-refractivity contribution < 1.29 is 14.0 Å². The molecule has 1 saturated heterocycles. The monoisotopic (exact) mass is 403 g/mol. The Balaban J connectivity index is 1.41. The molecular formula is C24H25N3O3. The number of aromatic nitrogens is 1. The summed E-state index contributed by atoms with van der Waals surface area (Å²) in [5.41, 5.74) is 2.53. The van der Waals surface area contributed by atoms with Gasteiger partial charge in [0.1, 0.15) is 12.3 Å². The highest BCUT2D eigenvalue weighted by molar-refractivity contribution is 5.89. The first kappa shape index (κ1) is 19.9. The lowest BCUT2D eigenvalue weighted by atomic mass is 10.0. The van der Waals surface area contributed by atoms with Crippen LogP contribution in [0.25, 0.3) is 11.5 Å². The second kappa shape index (κ2) is 9.39. The molecule has 0 radical (unpaired) electrons. The van der Waals surface area contributed by atoms with Crippen LogP contribution in [-0.2, 0) is 16.0 Å². The van der Waals surface area contributed by atoms with Crippen molar-refractivity contribution >= 4 is 11.8 Å². The van der Waals surface area contributed by atoms with Gasteiger partial charge in [-0.25, -0.2) is 4.98 Å². The van der Waals surface area contributed by atoms with Gasteiger partial charge in [0.15, 0.2) is 0 Å². The summed E-state index contributed by atoms with van der Waals surface area (Å²) in [7, 11) is 0. The van der Waals surface area contributed by atoms with Crippen molar-refractivity contribution in [3.05, 3.63) is 78.2 Å². The van der Waals surface area contributed by atoms with Gasteiger partial charge in [-0.1, -0.05) is 48.5 Å². The summed E-state index contributed by atoms with van der Waals surface area (Å²) in [6, 6.07) is 18.6. The van der Waals surface area contributed by atoms with E-state index in [1.54, 1.807) is 11.2 Å². The number of amides is 2. The second-order valence-electron chi connectivity index (χ2n) is 7.41. The quantitative estimate of drug-likeness (QED) is 0.652. The largest absolute Gasteiger partial charge is 0.444 e. The lowest BCUT2D eigenvalue weighted by Gasteiger charge is -2.34. The molecule has 2 heterocycles. The number of likely N-dealkylation sites (tertiary alicyclic amines) is 1. The normalized spacial score (nSPS) is 15.1. The Morgan fingerprint density at radius 3 is 2.53 bits per heavy atom. The number of piperidine rings is 1. The van der Waals surface area contributed by atoms with E-state index in [1.807, 2.05) is 60.7 Å². The minimum absolute atomic E-state index is 0.0363. The maximum absolute atomic E-state index is 13.1. The predicted molar refractivity (Wildman–Crippen MR) is 113 cm³/mol. The molecule has 0 bridgehead atoms. The van der Waals surface area contributed by atoms with Gasteiger partial charge in [0.2, 0.25) is 17.7 Å². The van der Waals surface area contributed by atoms with Crippen molar-refractivity contribution in [3.8, 4) is 11.5 Å². The van der Waals surface area contributed by atoms with E-state index in [4.69, 9.17) is 4.42 Å². The van der Waals surface area contributed by atoms with Crippen molar-refractivity contribution in [2.75, 3.05) is 13.1 Å². The Morgan fingerprint density at radius 1 is 1.07 bits per heavy atom. The van der Waals surface area contributed by atoms with E-state index in [-0.39, 0.29) is 11.8 Å². The van der Waals surface area contributed by atoms with E-state index >= 15 is 0 Å². The molecule has 154 valence electrons. The Bertz CT molecular complexity index is 985. The number of hydrogen-bond donors (Lipinski definition) is 1. The maximum atomic E-state index is 13.1. The zero-order chi connectivity index (χ0) is 20.8. The fourth-order valence-corrected chi connectivity index (χ4v) is 3.75. The van der Waals surface area contributed by atoms with Gasteiger partial charge in [-0.3, -0.25) is 9.59 Å². The molecular weight excluding hydrogens is 378 g/mol. The van der Waals surface area contributed by atoms with E-state index < -0.39 is 6.04 Å². The molecule has 6 nitrogen and oxygen atoms in total. The molecule has 2 aromatic carbocycles. The number of nitrogens with zero attached hydrogens (tertiary/aromatic N) is 2. The highest BCUT2D eigenvalue weighted by atomic mass is 16.3. The molecule has 1 aliphatic rings. The Hall–Kier alpha value is -3.41. The maximum Gasteiger partial charge on any atom is 0.247 e. The molecule has 0 aliphatic carbocycles. The van der Waals surface area contributed by atoms with Crippen molar-refractivity contribution in [3.63, 3.8) is 0 Å². The summed E-state index contributed by atoms with van der Waals surface area (Å²) in [5, 5.41) is 2.98. The predicted octanol–water partition coefficient (Wildman–Crippen LogP) is 3.75. The third-order valence-corrected chi connectivity index (χ3v) is 5.29. The fraction of sp³-hybridized carbons (Fsp3) is 0.292. The number of oxazole rings is 1. The first-order valence-corrected chi connectivity index (χ1v) is 10.3. The summed E-state index contributed by atoms with van der Waals surface area (Å²) in [4.78, 5) is 31.7. The molecule has 0 saturated carbocycles. The number of benzene rings is 2. The van der Waals surface area contributed by atoms with Crippen LogP contribution in [0.3, 0.4) is 0 Å². The van der Waals surface area contributed by atoms with Crippen LogP contribution < -0.4 is 5.32 Å². The Kier molecular flexibility index (Phi) is 6.23. The molecule has 0 spiro atoms. The van der Waals surface area contributed by atoms with Gasteiger partial charge in [0.05, 0.1) is 5.69 Å². The number of nitrogens with one attached hydrogen (secondary N) is 1. The van der Waals surface area contributed by atoms with Gasteiger partial charge in [-0.05, 0) is 30.5 Å². The number of carbonyl (C=O) groups is 2. The summed E-state index contributed by atoms with van der Waals surface area (Å²) < 4.78 is 5.56. The first-order chi connectivity index (χ1) is 14.7. The lowest BCUT2D eigenvalue weighted by molar-refractivity contribution is -0.142. The number of hydrogen-bond acceptors (Lipinski definition) is 4. The van der Waals surface area contributed by atoms with Crippen molar-refractivity contribution in [2.24, 2.45) is 0 Å². The SMILES string of the molecule is O=C(NCCc1coc(-c2ccccc2)n1)C(c1ccccc1)N1CCCCC1=O. The average molecular weight is 403 g/mol. The highest BCUT2D eigenvalue weighted by Crippen LogP contribution is 2.26. The summed E-state index contributed by atoms with van der Waals surface area (Å²) in [6.07, 6.45) is 4.48. The van der Waals surface area contributed by atoms with Crippen molar-refractivity contribution in [2.45, 2.75) is 31.7 Å². The molecule has 30 heavy (non-hydrogen) atoms. The molecule has 6 heteroatoms. The standard InChI is InChI=1S/C24H25N3O3/c28-21-13-7-8-16-27(21)22(18-9-3-1-4-10-18)23(29)25-15-14-20-17-30-24(26-20)19-11-5-2-6-12-19/h1-6,9-12,17,22H,7-8,13-16H2,(H,25,29). The van der Waals surface area contributed by atoms with E-state index in [1.165, 1.54) is 0 Å². The minimum Gasteiger partial charge on any atom is -0.444 e. The number of carbonyl (C=O) groups excluding carboxylic acids is 2. The van der Waals surface area contributed by atoms with E-state index in [0.29, 0.717) is 31.8 Å². The lowest BCUT2D eigenvalue weighted by Crippen LogP contribution is -2.46. The van der Waals surface area contributed by atoms with Gasteiger partial charge in [0, 0.05) is 31.5 Å². The van der Waals surface area contributed by atoms with Crippen LogP contribution in [0.2, 0.25) is 0 Å². The van der Waals surface area contributed by atoms with Crippen LogP contribution in [0.1, 0.15) is 36.6 Å². The number of rotatable bonds is 7. The molecule has 1 atom stereocenters. The fourth-order valence-electron chi connectivity index (χ4n) is 3.75. The molecule has 1 aliphatic heterocycles. The third kappa shape index (κ3) is 4.59. The molecule has 3 aromatic rings. The van der Waals surface area contributed by atoms with Crippen molar-refractivity contribution in [1.29, 1.82) is 0 Å².